The molecule has 0 bridgehead atoms. The van der Waals surface area contributed by atoms with Crippen LogP contribution in [0.2, 0.25) is 5.02 Å². The molecule has 1 atom stereocenters. The number of nitrogens with zero attached hydrogens (tertiary/aromatic N) is 2. The molecule has 1 N–H and O–H groups in total. The average molecular weight is 647 g/mol. The number of carbonyl (C=O) groups excluding carboxylic acids is 2. The molecule has 0 spiro atoms. The summed E-state index contributed by atoms with van der Waals surface area (Å²) < 4.78 is 29.5. The van der Waals surface area contributed by atoms with Crippen LogP contribution in [0.5, 0.6) is 0 Å². The van der Waals surface area contributed by atoms with Gasteiger partial charge in [-0.15, -0.1) is 0 Å². The molecule has 1 saturated carbocycles. The van der Waals surface area contributed by atoms with Gasteiger partial charge in [0, 0.05) is 22.1 Å². The van der Waals surface area contributed by atoms with Crippen molar-refractivity contribution >= 4 is 55.1 Å². The van der Waals surface area contributed by atoms with E-state index >= 15 is 0 Å². The fourth-order valence-electron chi connectivity index (χ4n) is 4.82. The number of carbonyl (C=O) groups is 2. The fraction of sp³-hybridized carbons (Fsp3) is 0.333. The Kier molecular flexibility index (Phi) is 10.3. The van der Waals surface area contributed by atoms with Crippen molar-refractivity contribution in [1.82, 2.24) is 10.2 Å². The third-order valence-electron chi connectivity index (χ3n) is 7.14. The van der Waals surface area contributed by atoms with Gasteiger partial charge in [-0.05, 0) is 67.8 Å². The van der Waals surface area contributed by atoms with E-state index in [1.54, 1.807) is 67.6 Å². The van der Waals surface area contributed by atoms with Crippen molar-refractivity contribution in [3.05, 3.63) is 93.9 Å². The predicted octanol–water partition coefficient (Wildman–Crippen LogP) is 6.16. The van der Waals surface area contributed by atoms with Crippen LogP contribution in [0, 0.1) is 0 Å². The topological polar surface area (TPSA) is 86.8 Å². The lowest BCUT2D eigenvalue weighted by molar-refractivity contribution is -0.139. The summed E-state index contributed by atoms with van der Waals surface area (Å²) in [6, 6.07) is 21.0. The molecule has 0 saturated heterocycles. The van der Waals surface area contributed by atoms with Crippen LogP contribution in [0.3, 0.4) is 0 Å². The lowest BCUT2D eigenvalue weighted by Crippen LogP contribution is -2.53. The molecule has 0 radical (unpaired) electrons. The lowest BCUT2D eigenvalue weighted by atomic mass is 9.95. The van der Waals surface area contributed by atoms with Crippen molar-refractivity contribution in [2.45, 2.75) is 62.6 Å². The molecule has 0 heterocycles. The lowest BCUT2D eigenvalue weighted by Gasteiger charge is -2.33. The van der Waals surface area contributed by atoms with Crippen LogP contribution in [-0.2, 0) is 26.2 Å². The first-order valence-electron chi connectivity index (χ1n) is 13.3. The smallest absolute Gasteiger partial charge is 0.264 e. The van der Waals surface area contributed by atoms with E-state index in [1.165, 1.54) is 17.0 Å². The number of halogens is 2. The minimum absolute atomic E-state index is 0.0529. The normalized spacial score (nSPS) is 14.8. The maximum Gasteiger partial charge on any atom is 0.264 e. The Hall–Kier alpha value is -2.88. The van der Waals surface area contributed by atoms with Gasteiger partial charge in [-0.1, -0.05) is 83.2 Å². The summed E-state index contributed by atoms with van der Waals surface area (Å²) in [7, 11) is -4.10. The number of benzene rings is 3. The van der Waals surface area contributed by atoms with E-state index < -0.39 is 28.5 Å². The molecule has 0 aromatic heterocycles. The van der Waals surface area contributed by atoms with Crippen molar-refractivity contribution in [2.24, 2.45) is 0 Å². The molecule has 40 heavy (non-hydrogen) atoms. The van der Waals surface area contributed by atoms with E-state index in [9.17, 15) is 18.0 Å². The Morgan fingerprint density at radius 1 is 0.950 bits per heavy atom. The van der Waals surface area contributed by atoms with Gasteiger partial charge < -0.3 is 10.2 Å². The first-order valence-corrected chi connectivity index (χ1v) is 15.9. The van der Waals surface area contributed by atoms with Crippen LogP contribution in [0.15, 0.2) is 88.2 Å². The van der Waals surface area contributed by atoms with E-state index in [4.69, 9.17) is 11.6 Å². The summed E-state index contributed by atoms with van der Waals surface area (Å²) >= 11 is 9.82. The Labute approximate surface area is 249 Å². The summed E-state index contributed by atoms with van der Waals surface area (Å²) in [4.78, 5) is 28.9. The molecule has 1 fully saturated rings. The van der Waals surface area contributed by atoms with Crippen LogP contribution >= 0.6 is 27.5 Å². The first-order chi connectivity index (χ1) is 19.2. The Morgan fingerprint density at radius 2 is 1.57 bits per heavy atom. The number of nitrogens with one attached hydrogen (secondary N) is 1. The zero-order chi connectivity index (χ0) is 28.7. The zero-order valence-corrected chi connectivity index (χ0v) is 25.5. The first kappa shape index (κ1) is 30.1. The van der Waals surface area contributed by atoms with Crippen LogP contribution in [0.25, 0.3) is 0 Å². The molecule has 212 valence electrons. The third-order valence-corrected chi connectivity index (χ3v) is 9.83. The highest BCUT2D eigenvalue weighted by Crippen LogP contribution is 2.27. The molecule has 3 aromatic carbocycles. The molecule has 4 rings (SSSR count). The molecule has 1 aliphatic rings. The van der Waals surface area contributed by atoms with Crippen LogP contribution < -0.4 is 9.62 Å². The van der Waals surface area contributed by atoms with Gasteiger partial charge in [0.25, 0.3) is 10.0 Å². The molecule has 7 nitrogen and oxygen atoms in total. The molecular formula is C30H33BrClN3O4S. The molecule has 0 unspecified atom stereocenters. The zero-order valence-electron chi connectivity index (χ0n) is 22.3. The van der Waals surface area contributed by atoms with Gasteiger partial charge >= 0.3 is 0 Å². The third kappa shape index (κ3) is 7.44. The van der Waals surface area contributed by atoms with Gasteiger partial charge in [0.05, 0.1) is 10.6 Å². The van der Waals surface area contributed by atoms with Gasteiger partial charge in [-0.2, -0.15) is 0 Å². The molecule has 10 heteroatoms. The van der Waals surface area contributed by atoms with Gasteiger partial charge in [0.2, 0.25) is 11.8 Å². The Bertz CT molecular complexity index is 1410. The largest absolute Gasteiger partial charge is 0.352 e. The Balaban J connectivity index is 1.67. The van der Waals surface area contributed by atoms with Gasteiger partial charge in [0.1, 0.15) is 12.6 Å². The number of hydrogen-bond acceptors (Lipinski definition) is 4. The molecule has 3 aromatic rings. The predicted molar refractivity (Wildman–Crippen MR) is 162 cm³/mol. The van der Waals surface area contributed by atoms with Crippen LogP contribution in [-0.4, -0.2) is 43.8 Å². The average Bonchev–Trinajstić information content (AvgIpc) is 2.96. The standard InChI is InChI=1S/C30H33BrClN3O4S/c1-22(30(37)33-25-11-4-2-5-12-25)34(20-23-10-8-9-15-28(23)32)29(36)21-35(26-18-16-24(31)17-19-26)40(38,39)27-13-6-3-7-14-27/h3,6-10,13-19,22,25H,2,4-5,11-12,20-21H2,1H3,(H,33,37)/t22-/m1/s1. The molecule has 0 aliphatic heterocycles. The summed E-state index contributed by atoms with van der Waals surface area (Å²) in [6.45, 7) is 1.23. The maximum absolute atomic E-state index is 14.0. The van der Waals surface area contributed by atoms with E-state index in [-0.39, 0.29) is 23.4 Å². The summed E-state index contributed by atoms with van der Waals surface area (Å²) in [5.41, 5.74) is 0.994. The summed E-state index contributed by atoms with van der Waals surface area (Å²) in [6.07, 6.45) is 5.08. The number of amides is 2. The molecular weight excluding hydrogens is 614 g/mol. The Morgan fingerprint density at radius 3 is 2.23 bits per heavy atom. The summed E-state index contributed by atoms with van der Waals surface area (Å²) in [5.74, 6) is -0.790. The highest BCUT2D eigenvalue weighted by Gasteiger charge is 2.33. The molecule has 1 aliphatic carbocycles. The number of anilines is 1. The van der Waals surface area contributed by atoms with Crippen molar-refractivity contribution in [3.63, 3.8) is 0 Å². The van der Waals surface area contributed by atoms with Gasteiger partial charge in [0.15, 0.2) is 0 Å². The van der Waals surface area contributed by atoms with Crippen molar-refractivity contribution < 1.29 is 18.0 Å². The second-order valence-corrected chi connectivity index (χ2v) is 13.1. The van der Waals surface area contributed by atoms with Crippen molar-refractivity contribution in [2.75, 3.05) is 10.8 Å². The van der Waals surface area contributed by atoms with Crippen molar-refractivity contribution in [3.8, 4) is 0 Å². The number of rotatable bonds is 10. The van der Waals surface area contributed by atoms with Crippen LogP contribution in [0.4, 0.5) is 5.69 Å². The minimum atomic E-state index is -4.10. The minimum Gasteiger partial charge on any atom is -0.352 e. The monoisotopic (exact) mass is 645 g/mol. The van der Waals surface area contributed by atoms with E-state index in [2.05, 4.69) is 21.2 Å². The SMILES string of the molecule is C[C@H](C(=O)NC1CCCCC1)N(Cc1ccccc1Cl)C(=O)CN(c1ccc(Br)cc1)S(=O)(=O)c1ccccc1. The maximum atomic E-state index is 14.0. The quantitative estimate of drug-likeness (QED) is 0.286. The van der Waals surface area contributed by atoms with Gasteiger partial charge in [-0.25, -0.2) is 8.42 Å². The van der Waals surface area contributed by atoms with E-state index in [0.29, 0.717) is 16.3 Å². The highest BCUT2D eigenvalue weighted by molar-refractivity contribution is 9.10. The van der Waals surface area contributed by atoms with E-state index in [1.807, 2.05) is 6.07 Å². The summed E-state index contributed by atoms with van der Waals surface area (Å²) in [5, 5.41) is 3.56. The fourth-order valence-corrected chi connectivity index (χ4v) is 6.71. The molecule has 2 amide bonds. The highest BCUT2D eigenvalue weighted by atomic mass is 79.9. The van der Waals surface area contributed by atoms with Crippen LogP contribution in [0.1, 0.15) is 44.6 Å². The van der Waals surface area contributed by atoms with Gasteiger partial charge in [-0.3, -0.25) is 13.9 Å². The van der Waals surface area contributed by atoms with Crippen molar-refractivity contribution in [1.29, 1.82) is 0 Å². The van der Waals surface area contributed by atoms with E-state index in [0.717, 1.165) is 40.9 Å². The number of sulfonamides is 1. The second-order valence-electron chi connectivity index (χ2n) is 9.93. The second kappa shape index (κ2) is 13.7. The number of hydrogen-bond donors (Lipinski definition) is 1.